The molecule has 0 fully saturated rings. The maximum Gasteiger partial charge on any atom is 1.00 e. The van der Waals surface area contributed by atoms with Gasteiger partial charge in [-0.2, -0.15) is 8.42 Å². The van der Waals surface area contributed by atoms with Crippen molar-refractivity contribution >= 4 is 10.1 Å². The van der Waals surface area contributed by atoms with Crippen LogP contribution >= 0.6 is 0 Å². The fourth-order valence-corrected chi connectivity index (χ4v) is 3.05. The summed E-state index contributed by atoms with van der Waals surface area (Å²) in [5.41, 5.74) is 0. The second-order valence-electron chi connectivity index (χ2n) is 5.88. The Labute approximate surface area is 156 Å². The molecule has 0 unspecified atom stereocenters. The Kier molecular flexibility index (Phi) is 19.9. The predicted octanol–water partition coefficient (Wildman–Crippen LogP) is 2.47. The largest absolute Gasteiger partial charge is 1.00 e. The van der Waals surface area contributed by atoms with Crippen molar-refractivity contribution < 1.29 is 44.0 Å². The fraction of sp³-hybridized carbons (Fsp3) is 1.00. The first-order valence-electron chi connectivity index (χ1n) is 8.51. The van der Waals surface area contributed by atoms with Crippen LogP contribution in [0.3, 0.4) is 0 Å². The van der Waals surface area contributed by atoms with Crippen molar-refractivity contribution in [1.82, 2.24) is 0 Å². The van der Waals surface area contributed by atoms with Crippen molar-refractivity contribution in [3.8, 4) is 0 Å². The Morgan fingerprint density at radius 1 is 0.667 bits per heavy atom. The molecule has 0 saturated carbocycles. The average Bonchev–Trinajstić information content (AvgIpc) is 2.38. The first kappa shape index (κ1) is 24.2. The minimum atomic E-state index is -3.74. The van der Waals surface area contributed by atoms with E-state index < -0.39 is 10.1 Å². The minimum absolute atomic E-state index is 0. The van der Waals surface area contributed by atoms with Gasteiger partial charge in [0, 0.05) is 0 Å². The van der Waals surface area contributed by atoms with Gasteiger partial charge < -0.3 is 1.43 Å². The summed E-state index contributed by atoms with van der Waals surface area (Å²) < 4.78 is 29.6. The van der Waals surface area contributed by atoms with E-state index in [4.69, 9.17) is 4.55 Å². The molecule has 0 radical (unpaired) electrons. The molecular formula is C16H35NaO3S. The first-order valence-corrected chi connectivity index (χ1v) is 10.1. The van der Waals surface area contributed by atoms with Gasteiger partial charge in [-0.25, -0.2) is 0 Å². The molecule has 0 aliphatic carbocycles. The summed E-state index contributed by atoms with van der Waals surface area (Å²) in [5.74, 6) is -0.0783. The summed E-state index contributed by atoms with van der Waals surface area (Å²) in [5, 5.41) is 0. The molecule has 0 bridgehead atoms. The average molecular weight is 331 g/mol. The summed E-state index contributed by atoms with van der Waals surface area (Å²) in [7, 11) is -3.74. The van der Waals surface area contributed by atoms with E-state index >= 15 is 0 Å². The van der Waals surface area contributed by atoms with E-state index in [9.17, 15) is 8.42 Å². The number of hydrogen-bond acceptors (Lipinski definition) is 2. The van der Waals surface area contributed by atoms with Gasteiger partial charge in [0.1, 0.15) is 0 Å². The third kappa shape index (κ3) is 23.3. The summed E-state index contributed by atoms with van der Waals surface area (Å²) in [6, 6.07) is 0. The zero-order valence-corrected chi connectivity index (χ0v) is 17.1. The summed E-state index contributed by atoms with van der Waals surface area (Å²) in [6.45, 7) is 2.25. The molecule has 0 aliphatic rings. The second-order valence-corrected chi connectivity index (χ2v) is 7.45. The molecule has 0 rings (SSSR count). The molecule has 5 heteroatoms. The molecule has 0 spiro atoms. The Morgan fingerprint density at radius 3 is 1.24 bits per heavy atom. The zero-order chi connectivity index (χ0) is 15.1. The normalized spacial score (nSPS) is 11.3. The van der Waals surface area contributed by atoms with Gasteiger partial charge in [0.05, 0.1) is 5.75 Å². The van der Waals surface area contributed by atoms with Crippen LogP contribution in [0.4, 0.5) is 0 Å². The molecular weight excluding hydrogens is 295 g/mol. The Balaban J connectivity index is -0.00000180. The summed E-state index contributed by atoms with van der Waals surface area (Å²) in [6.07, 6.45) is 17.4. The van der Waals surface area contributed by atoms with E-state index in [1.807, 2.05) is 0 Å². The third-order valence-electron chi connectivity index (χ3n) is 3.76. The maximum atomic E-state index is 10.5. The Bertz CT molecular complexity index is 298. The van der Waals surface area contributed by atoms with Crippen LogP contribution in [0.15, 0.2) is 0 Å². The van der Waals surface area contributed by atoms with Crippen LogP contribution in [0.1, 0.15) is 98.2 Å². The van der Waals surface area contributed by atoms with Gasteiger partial charge in [-0.15, -0.1) is 0 Å². The fourth-order valence-electron chi connectivity index (χ4n) is 2.48. The van der Waals surface area contributed by atoms with Gasteiger partial charge in [0.2, 0.25) is 0 Å². The smallest absolute Gasteiger partial charge is 1.00 e. The molecule has 0 aromatic heterocycles. The standard InChI is InChI=1S/C16H34O3S.Na.H/c1-2-3-4-5-6-7-8-9-10-11-12-13-14-15-16-20(17,18)19;;/h2-16H2,1H3,(H,17,18,19);;/q;+1;-1. The predicted molar refractivity (Wildman–Crippen MR) is 87.8 cm³/mol. The van der Waals surface area contributed by atoms with Crippen LogP contribution < -0.4 is 29.6 Å². The van der Waals surface area contributed by atoms with Gasteiger partial charge in [-0.3, -0.25) is 4.55 Å². The van der Waals surface area contributed by atoms with E-state index in [-0.39, 0.29) is 36.7 Å². The monoisotopic (exact) mass is 330 g/mol. The second kappa shape index (κ2) is 17.3. The van der Waals surface area contributed by atoms with E-state index in [0.717, 1.165) is 12.8 Å². The Hall–Kier alpha value is 0.910. The van der Waals surface area contributed by atoms with Gasteiger partial charge in [-0.05, 0) is 6.42 Å². The first-order chi connectivity index (χ1) is 9.56. The van der Waals surface area contributed by atoms with Crippen LogP contribution in [-0.4, -0.2) is 18.7 Å². The molecule has 0 saturated heterocycles. The molecule has 0 amide bonds. The number of rotatable bonds is 15. The van der Waals surface area contributed by atoms with Gasteiger partial charge in [0.15, 0.2) is 0 Å². The van der Waals surface area contributed by atoms with Crippen molar-refractivity contribution in [1.29, 1.82) is 0 Å². The van der Waals surface area contributed by atoms with Gasteiger partial charge >= 0.3 is 29.6 Å². The molecule has 1 N–H and O–H groups in total. The van der Waals surface area contributed by atoms with Crippen LogP contribution in [-0.2, 0) is 10.1 Å². The van der Waals surface area contributed by atoms with E-state index in [1.165, 1.54) is 70.6 Å². The molecule has 0 atom stereocenters. The third-order valence-corrected chi connectivity index (χ3v) is 4.56. The van der Waals surface area contributed by atoms with E-state index in [2.05, 4.69) is 6.92 Å². The van der Waals surface area contributed by atoms with Crippen LogP contribution in [0, 0.1) is 0 Å². The van der Waals surface area contributed by atoms with Crippen molar-refractivity contribution in [2.75, 3.05) is 5.75 Å². The topological polar surface area (TPSA) is 54.4 Å². The van der Waals surface area contributed by atoms with Crippen LogP contribution in [0.2, 0.25) is 0 Å². The number of hydrogen-bond donors (Lipinski definition) is 1. The molecule has 124 valence electrons. The van der Waals surface area contributed by atoms with E-state index in [1.54, 1.807) is 0 Å². The molecule has 0 heterocycles. The Morgan fingerprint density at radius 2 is 0.952 bits per heavy atom. The molecule has 0 aromatic carbocycles. The quantitative estimate of drug-likeness (QED) is 0.285. The van der Waals surface area contributed by atoms with E-state index in [0.29, 0.717) is 6.42 Å². The van der Waals surface area contributed by atoms with Crippen LogP contribution in [0.5, 0.6) is 0 Å². The molecule has 0 aromatic rings. The molecule has 21 heavy (non-hydrogen) atoms. The molecule has 0 aliphatic heterocycles. The van der Waals surface area contributed by atoms with Gasteiger partial charge in [-0.1, -0.05) is 90.4 Å². The number of unbranched alkanes of at least 4 members (excludes halogenated alkanes) is 13. The SMILES string of the molecule is CCCCCCCCCCCCCCCCS(=O)(=O)O.[H-].[Na+]. The molecule has 3 nitrogen and oxygen atoms in total. The zero-order valence-electron chi connectivity index (χ0n) is 15.3. The van der Waals surface area contributed by atoms with Crippen molar-refractivity contribution in [2.45, 2.75) is 96.8 Å². The summed E-state index contributed by atoms with van der Waals surface area (Å²) >= 11 is 0. The summed E-state index contributed by atoms with van der Waals surface area (Å²) in [4.78, 5) is 0. The van der Waals surface area contributed by atoms with Crippen molar-refractivity contribution in [2.24, 2.45) is 0 Å². The van der Waals surface area contributed by atoms with Gasteiger partial charge in [0.25, 0.3) is 10.1 Å². The minimum Gasteiger partial charge on any atom is -1.00 e. The van der Waals surface area contributed by atoms with Crippen molar-refractivity contribution in [3.63, 3.8) is 0 Å². The van der Waals surface area contributed by atoms with Crippen molar-refractivity contribution in [3.05, 3.63) is 0 Å². The van der Waals surface area contributed by atoms with Crippen LogP contribution in [0.25, 0.3) is 0 Å². The maximum absolute atomic E-state index is 10.5.